The van der Waals surface area contributed by atoms with E-state index in [9.17, 15) is 14.0 Å². The first-order valence-corrected chi connectivity index (χ1v) is 11.1. The molecule has 0 aliphatic rings. The van der Waals surface area contributed by atoms with E-state index in [2.05, 4.69) is 31.4 Å². The van der Waals surface area contributed by atoms with Gasteiger partial charge in [-0.1, -0.05) is 11.6 Å². The summed E-state index contributed by atoms with van der Waals surface area (Å²) in [5.41, 5.74) is 5.17. The smallest absolute Gasteiger partial charge is 0.334 e. The van der Waals surface area contributed by atoms with Gasteiger partial charge in [-0.25, -0.2) is 19.0 Å². The number of nitrogens with one attached hydrogen (secondary N) is 3. The number of aromatic nitrogens is 4. The van der Waals surface area contributed by atoms with Crippen LogP contribution in [0.25, 0.3) is 22.4 Å². The number of benzene rings is 1. The molecule has 11 nitrogen and oxygen atoms in total. The zero-order valence-electron chi connectivity index (χ0n) is 19.7. The lowest BCUT2D eigenvalue weighted by atomic mass is 9.97. The van der Waals surface area contributed by atoms with Crippen LogP contribution in [0.2, 0.25) is 5.02 Å². The van der Waals surface area contributed by atoms with Crippen molar-refractivity contribution in [2.24, 2.45) is 7.05 Å². The number of pyridine rings is 1. The van der Waals surface area contributed by atoms with Crippen molar-refractivity contribution in [2.45, 2.75) is 13.0 Å². The zero-order chi connectivity index (χ0) is 26.7. The normalized spacial score (nSPS) is 11.6. The van der Waals surface area contributed by atoms with Gasteiger partial charge in [0, 0.05) is 35.6 Å². The number of hydrazine groups is 1. The minimum atomic E-state index is -0.900. The summed E-state index contributed by atoms with van der Waals surface area (Å²) in [6.45, 7) is 1.49. The largest absolute Gasteiger partial charge is 0.479 e. The van der Waals surface area contributed by atoms with Gasteiger partial charge in [0.15, 0.2) is 0 Å². The number of halogens is 3. The number of hydrogen-bond donors (Lipinski definition) is 3. The summed E-state index contributed by atoms with van der Waals surface area (Å²) in [4.78, 5) is 28.3. The third-order valence-electron chi connectivity index (χ3n) is 5.17. The van der Waals surface area contributed by atoms with Gasteiger partial charge in [0.2, 0.25) is 5.76 Å². The van der Waals surface area contributed by atoms with E-state index in [4.69, 9.17) is 20.9 Å². The number of aryl methyl sites for hydroxylation is 1. The fourth-order valence-electron chi connectivity index (χ4n) is 3.46. The van der Waals surface area contributed by atoms with Crippen molar-refractivity contribution in [3.05, 3.63) is 70.8 Å². The Kier molecular flexibility index (Phi) is 7.34. The van der Waals surface area contributed by atoms with E-state index in [1.165, 1.54) is 37.0 Å². The maximum atomic E-state index is 15.1. The third kappa shape index (κ3) is 5.67. The molecule has 0 bridgehead atoms. The lowest BCUT2D eigenvalue weighted by molar-refractivity contribution is 0.0898. The number of urea groups is 1. The van der Waals surface area contributed by atoms with Crippen molar-refractivity contribution in [3.8, 4) is 28.3 Å². The molecule has 3 aromatic heterocycles. The number of hydrogen-bond acceptors (Lipinski definition) is 7. The number of carbonyl (C=O) groups excluding carboxylic acids is 2. The fourth-order valence-corrected chi connectivity index (χ4v) is 3.67. The average molecular weight is 532 g/mol. The zero-order valence-corrected chi connectivity index (χ0v) is 20.4. The van der Waals surface area contributed by atoms with Gasteiger partial charge < -0.3 is 14.6 Å². The Morgan fingerprint density at radius 3 is 2.59 bits per heavy atom. The fraction of sp³-hybridized carbons (Fsp3) is 0.174. The van der Waals surface area contributed by atoms with E-state index >= 15 is 4.39 Å². The second-order valence-electron chi connectivity index (χ2n) is 7.78. The standard InChI is InChI=1S/C23H20ClF2N7O4/c1-11(28-23(35)30-29-22(34)18-9-19(36-3)32-37-18)21-16(26)6-12(10-27-21)14-7-13(24)8-15(25)20(14)17-4-5-33(2)31-17/h4-11H,1-3H3,(H,29,34)(H2,28,30,35)/t11-/m1/s1. The van der Waals surface area contributed by atoms with Crippen molar-refractivity contribution < 1.29 is 27.6 Å². The Labute approximate surface area is 213 Å². The SMILES string of the molecule is COc1cc(C(=O)NNC(=O)N[C@H](C)c2ncc(-c3cc(Cl)cc(F)c3-c3ccn(C)n3)cc2F)on1. The number of nitrogens with zero attached hydrogens (tertiary/aromatic N) is 4. The molecule has 37 heavy (non-hydrogen) atoms. The second-order valence-corrected chi connectivity index (χ2v) is 8.22. The molecule has 0 unspecified atom stereocenters. The molecular formula is C23H20ClF2N7O4. The molecule has 1 atom stereocenters. The Morgan fingerprint density at radius 1 is 1.16 bits per heavy atom. The highest BCUT2D eigenvalue weighted by Crippen LogP contribution is 2.36. The summed E-state index contributed by atoms with van der Waals surface area (Å²) in [7, 11) is 3.04. The summed E-state index contributed by atoms with van der Waals surface area (Å²) in [6.07, 6.45) is 2.99. The van der Waals surface area contributed by atoms with Crippen LogP contribution in [0.1, 0.15) is 29.2 Å². The highest BCUT2D eigenvalue weighted by molar-refractivity contribution is 6.31. The van der Waals surface area contributed by atoms with E-state index in [1.54, 1.807) is 19.3 Å². The molecule has 0 fully saturated rings. The van der Waals surface area contributed by atoms with Gasteiger partial charge >= 0.3 is 11.9 Å². The second kappa shape index (κ2) is 10.6. The van der Waals surface area contributed by atoms with Crippen molar-refractivity contribution in [1.29, 1.82) is 0 Å². The number of amides is 3. The Morgan fingerprint density at radius 2 is 1.95 bits per heavy atom. The molecule has 14 heteroatoms. The Hall–Kier alpha value is -4.52. The quantitative estimate of drug-likeness (QED) is 0.322. The van der Waals surface area contributed by atoms with E-state index in [1.807, 2.05) is 0 Å². The van der Waals surface area contributed by atoms with Gasteiger partial charge in [0.25, 0.3) is 5.88 Å². The summed E-state index contributed by atoms with van der Waals surface area (Å²) >= 11 is 6.06. The van der Waals surface area contributed by atoms with Crippen molar-refractivity contribution in [1.82, 2.24) is 36.1 Å². The van der Waals surface area contributed by atoms with Crippen LogP contribution in [0.15, 0.2) is 47.2 Å². The molecule has 0 saturated heterocycles. The molecule has 4 rings (SSSR count). The van der Waals surface area contributed by atoms with Gasteiger partial charge in [-0.2, -0.15) is 5.10 Å². The molecular weight excluding hydrogens is 512 g/mol. The van der Waals surface area contributed by atoms with Crippen LogP contribution >= 0.6 is 11.6 Å². The molecule has 192 valence electrons. The van der Waals surface area contributed by atoms with Crippen molar-refractivity contribution >= 4 is 23.5 Å². The van der Waals surface area contributed by atoms with Crippen LogP contribution in [-0.2, 0) is 7.05 Å². The average Bonchev–Trinajstić information content (AvgIpc) is 3.51. The maximum Gasteiger partial charge on any atom is 0.334 e. The van der Waals surface area contributed by atoms with E-state index < -0.39 is 29.6 Å². The molecule has 0 spiro atoms. The number of methoxy groups -OCH3 is 1. The first-order valence-electron chi connectivity index (χ1n) is 10.7. The maximum absolute atomic E-state index is 15.1. The van der Waals surface area contributed by atoms with Crippen LogP contribution in [0.3, 0.4) is 0 Å². The molecule has 0 aliphatic carbocycles. The number of carbonyl (C=O) groups is 2. The molecule has 3 amide bonds. The van der Waals surface area contributed by atoms with E-state index in [0.29, 0.717) is 11.3 Å². The molecule has 3 heterocycles. The highest BCUT2D eigenvalue weighted by atomic mass is 35.5. The molecule has 3 N–H and O–H groups in total. The topological polar surface area (TPSA) is 136 Å². The predicted molar refractivity (Wildman–Crippen MR) is 127 cm³/mol. The van der Waals surface area contributed by atoms with Gasteiger partial charge in [-0.05, 0) is 41.9 Å². The van der Waals surface area contributed by atoms with Crippen LogP contribution in [0.5, 0.6) is 5.88 Å². The minimum Gasteiger partial charge on any atom is -0.479 e. The van der Waals surface area contributed by atoms with Crippen LogP contribution < -0.4 is 20.9 Å². The van der Waals surface area contributed by atoms with Crippen LogP contribution in [0, 0.1) is 11.6 Å². The van der Waals surface area contributed by atoms with Crippen molar-refractivity contribution in [2.75, 3.05) is 7.11 Å². The first kappa shape index (κ1) is 25.6. The lowest BCUT2D eigenvalue weighted by Gasteiger charge is -2.16. The summed E-state index contributed by atoms with van der Waals surface area (Å²) in [5, 5.41) is 10.3. The molecule has 1 aromatic carbocycles. The van der Waals surface area contributed by atoms with Gasteiger partial charge in [0.05, 0.1) is 30.6 Å². The predicted octanol–water partition coefficient (Wildman–Crippen LogP) is 3.78. The van der Waals surface area contributed by atoms with Gasteiger partial charge in [0.1, 0.15) is 11.6 Å². The number of rotatable bonds is 6. The summed E-state index contributed by atoms with van der Waals surface area (Å²) < 4.78 is 41.0. The lowest BCUT2D eigenvalue weighted by Crippen LogP contribution is -2.47. The molecule has 0 saturated carbocycles. The summed E-state index contributed by atoms with van der Waals surface area (Å²) in [6, 6.07) is 4.91. The summed E-state index contributed by atoms with van der Waals surface area (Å²) in [5.74, 6) is -2.28. The monoisotopic (exact) mass is 531 g/mol. The third-order valence-corrected chi connectivity index (χ3v) is 5.39. The van der Waals surface area contributed by atoms with Crippen molar-refractivity contribution in [3.63, 3.8) is 0 Å². The highest BCUT2D eigenvalue weighted by Gasteiger charge is 2.21. The van der Waals surface area contributed by atoms with Gasteiger partial charge in [-0.3, -0.25) is 19.9 Å². The molecule has 0 aliphatic heterocycles. The Balaban J connectivity index is 1.48. The first-order chi connectivity index (χ1) is 17.7. The number of ether oxygens (including phenoxy) is 1. The van der Waals surface area contributed by atoms with Gasteiger partial charge in [-0.15, -0.1) is 0 Å². The van der Waals surface area contributed by atoms with Crippen LogP contribution in [-0.4, -0.2) is 39.0 Å². The minimum absolute atomic E-state index is 0.0842. The van der Waals surface area contributed by atoms with E-state index in [-0.39, 0.29) is 33.5 Å². The molecule has 0 radical (unpaired) electrons. The van der Waals surface area contributed by atoms with E-state index in [0.717, 1.165) is 12.1 Å². The van der Waals surface area contributed by atoms with Crippen LogP contribution in [0.4, 0.5) is 13.6 Å². The molecule has 4 aromatic rings. The Bertz CT molecular complexity index is 1470.